The van der Waals surface area contributed by atoms with Crippen molar-refractivity contribution in [3.05, 3.63) is 0 Å². The molecule has 1 saturated carbocycles. The van der Waals surface area contributed by atoms with E-state index in [0.717, 1.165) is 28.9 Å². The van der Waals surface area contributed by atoms with E-state index >= 15 is 0 Å². The molecule has 1 aliphatic carbocycles. The molecule has 1 rings (SSSR count). The third-order valence-corrected chi connectivity index (χ3v) is 5.64. The summed E-state index contributed by atoms with van der Waals surface area (Å²) in [6.07, 6.45) is 4.22. The van der Waals surface area contributed by atoms with Gasteiger partial charge in [-0.3, -0.25) is 0 Å². The lowest BCUT2D eigenvalue weighted by Crippen LogP contribution is -2.30. The Morgan fingerprint density at radius 2 is 1.67 bits per heavy atom. The number of thioether (sulfide) groups is 1. The van der Waals surface area contributed by atoms with Crippen molar-refractivity contribution in [1.82, 2.24) is 0 Å². The molecule has 0 nitrogen and oxygen atoms in total. The van der Waals surface area contributed by atoms with Gasteiger partial charge < -0.3 is 0 Å². The van der Waals surface area contributed by atoms with E-state index in [1.165, 1.54) is 25.0 Å². The smallest absolute Gasteiger partial charge is 0.00162 e. The van der Waals surface area contributed by atoms with Crippen LogP contribution in [0.3, 0.4) is 0 Å². The molecule has 0 heterocycles. The molecule has 0 amide bonds. The average Bonchev–Trinajstić information content (AvgIpc) is 2.15. The maximum Gasteiger partial charge on any atom is 0.00162 e. The molecule has 3 atom stereocenters. The summed E-state index contributed by atoms with van der Waals surface area (Å²) in [5.41, 5.74) is 0. The molecule has 1 aliphatic rings. The van der Waals surface area contributed by atoms with E-state index in [-0.39, 0.29) is 0 Å². The Balaban J connectivity index is 2.39. The minimum Gasteiger partial charge on any atom is -0.159 e. The second kappa shape index (κ2) is 6.18. The van der Waals surface area contributed by atoms with Crippen LogP contribution in [-0.4, -0.2) is 11.0 Å². The Hall–Kier alpha value is 0.350. The third kappa shape index (κ3) is 4.01. The fourth-order valence-corrected chi connectivity index (χ4v) is 4.44. The maximum atomic E-state index is 2.47. The van der Waals surface area contributed by atoms with E-state index < -0.39 is 0 Å². The lowest BCUT2D eigenvalue weighted by molar-refractivity contribution is 0.154. The van der Waals surface area contributed by atoms with Gasteiger partial charge in [0.25, 0.3) is 0 Å². The molecule has 15 heavy (non-hydrogen) atoms. The van der Waals surface area contributed by atoms with Gasteiger partial charge in [-0.05, 0) is 48.7 Å². The molecule has 0 aromatic rings. The summed E-state index contributed by atoms with van der Waals surface area (Å²) in [5.74, 6) is 5.21. The largest absolute Gasteiger partial charge is 0.159 e. The third-order valence-electron chi connectivity index (χ3n) is 4.16. The first-order valence-electron chi connectivity index (χ1n) is 6.66. The minimum absolute atomic E-state index is 0.851. The lowest BCUT2D eigenvalue weighted by atomic mass is 9.70. The van der Waals surface area contributed by atoms with Gasteiger partial charge in [-0.2, -0.15) is 11.8 Å². The molecular formula is C14H28S. The van der Waals surface area contributed by atoms with E-state index in [9.17, 15) is 0 Å². The van der Waals surface area contributed by atoms with Crippen LogP contribution in [0.25, 0.3) is 0 Å². The first-order chi connectivity index (χ1) is 7.04. The molecule has 0 N–H and O–H groups in total. The van der Waals surface area contributed by atoms with Crippen molar-refractivity contribution >= 4 is 11.8 Å². The van der Waals surface area contributed by atoms with Gasteiger partial charge in [-0.15, -0.1) is 0 Å². The topological polar surface area (TPSA) is 0 Å². The zero-order valence-electron chi connectivity index (χ0n) is 11.1. The van der Waals surface area contributed by atoms with Crippen LogP contribution in [0.5, 0.6) is 0 Å². The van der Waals surface area contributed by atoms with E-state index in [4.69, 9.17) is 0 Å². The van der Waals surface area contributed by atoms with Gasteiger partial charge in [0.15, 0.2) is 0 Å². The highest BCUT2D eigenvalue weighted by Gasteiger charge is 2.31. The van der Waals surface area contributed by atoms with Gasteiger partial charge in [-0.25, -0.2) is 0 Å². The van der Waals surface area contributed by atoms with Crippen LogP contribution >= 0.6 is 11.8 Å². The van der Waals surface area contributed by atoms with Crippen molar-refractivity contribution in [2.75, 3.05) is 5.75 Å². The molecule has 3 unspecified atom stereocenters. The molecule has 0 aromatic heterocycles. The summed E-state index contributed by atoms with van der Waals surface area (Å²) in [5, 5.41) is 0.851. The molecule has 90 valence electrons. The molecule has 0 saturated heterocycles. The van der Waals surface area contributed by atoms with E-state index in [1.54, 1.807) is 0 Å². The number of hydrogen-bond acceptors (Lipinski definition) is 1. The fraction of sp³-hybridized carbons (Fsp3) is 1.00. The van der Waals surface area contributed by atoms with Crippen molar-refractivity contribution in [2.24, 2.45) is 23.7 Å². The zero-order valence-corrected chi connectivity index (χ0v) is 11.9. The summed E-state index contributed by atoms with van der Waals surface area (Å²) in [6, 6.07) is 0. The first kappa shape index (κ1) is 13.4. The van der Waals surface area contributed by atoms with E-state index in [1.807, 2.05) is 0 Å². The highest BCUT2D eigenvalue weighted by Crippen LogP contribution is 2.39. The molecule has 0 bridgehead atoms. The Morgan fingerprint density at radius 1 is 1.13 bits per heavy atom. The van der Waals surface area contributed by atoms with Gasteiger partial charge in [0, 0.05) is 5.25 Å². The SMILES string of the molecule is CCC(C)SCC1C(C)CC(C)CC1C. The van der Waals surface area contributed by atoms with Gasteiger partial charge >= 0.3 is 0 Å². The van der Waals surface area contributed by atoms with Crippen molar-refractivity contribution in [3.8, 4) is 0 Å². The molecule has 0 spiro atoms. The van der Waals surface area contributed by atoms with Crippen LogP contribution in [0, 0.1) is 23.7 Å². The second-order valence-electron chi connectivity index (χ2n) is 5.75. The number of rotatable bonds is 4. The molecular weight excluding hydrogens is 200 g/mol. The van der Waals surface area contributed by atoms with Crippen molar-refractivity contribution in [1.29, 1.82) is 0 Å². The van der Waals surface area contributed by atoms with Crippen LogP contribution in [0.15, 0.2) is 0 Å². The highest BCUT2D eigenvalue weighted by molar-refractivity contribution is 7.99. The Labute approximate surface area is 101 Å². The quantitative estimate of drug-likeness (QED) is 0.663. The summed E-state index contributed by atoms with van der Waals surface area (Å²) in [4.78, 5) is 0. The Bertz CT molecular complexity index is 166. The van der Waals surface area contributed by atoms with E-state index in [0.29, 0.717) is 0 Å². The standard InChI is InChI=1S/C14H28S/c1-6-13(5)15-9-14-11(3)7-10(2)8-12(14)4/h10-14H,6-9H2,1-5H3. The lowest BCUT2D eigenvalue weighted by Gasteiger charge is -2.38. The van der Waals surface area contributed by atoms with Crippen LogP contribution in [0.1, 0.15) is 53.9 Å². The molecule has 0 aromatic carbocycles. The monoisotopic (exact) mass is 228 g/mol. The summed E-state index contributed by atoms with van der Waals surface area (Å²) in [6.45, 7) is 12.0. The van der Waals surface area contributed by atoms with Crippen molar-refractivity contribution in [3.63, 3.8) is 0 Å². The predicted molar refractivity (Wildman–Crippen MR) is 72.4 cm³/mol. The van der Waals surface area contributed by atoms with E-state index in [2.05, 4.69) is 46.4 Å². The van der Waals surface area contributed by atoms with Crippen molar-refractivity contribution in [2.45, 2.75) is 59.1 Å². The van der Waals surface area contributed by atoms with Crippen LogP contribution < -0.4 is 0 Å². The molecule has 1 heteroatoms. The van der Waals surface area contributed by atoms with Crippen LogP contribution in [0.4, 0.5) is 0 Å². The zero-order chi connectivity index (χ0) is 11.4. The molecule has 1 fully saturated rings. The molecule has 0 aliphatic heterocycles. The van der Waals surface area contributed by atoms with Gasteiger partial charge in [-0.1, -0.05) is 34.6 Å². The van der Waals surface area contributed by atoms with Crippen LogP contribution in [0.2, 0.25) is 0 Å². The highest BCUT2D eigenvalue weighted by atomic mass is 32.2. The number of hydrogen-bond donors (Lipinski definition) is 0. The average molecular weight is 228 g/mol. The second-order valence-corrected chi connectivity index (χ2v) is 7.22. The fourth-order valence-electron chi connectivity index (χ4n) is 3.00. The van der Waals surface area contributed by atoms with Crippen LogP contribution in [-0.2, 0) is 0 Å². The maximum absolute atomic E-state index is 2.47. The Kier molecular flexibility index (Phi) is 5.52. The van der Waals surface area contributed by atoms with Gasteiger partial charge in [0.1, 0.15) is 0 Å². The van der Waals surface area contributed by atoms with Gasteiger partial charge in [0.2, 0.25) is 0 Å². The Morgan fingerprint density at radius 3 is 2.13 bits per heavy atom. The summed E-state index contributed by atoms with van der Waals surface area (Å²) < 4.78 is 0. The first-order valence-corrected chi connectivity index (χ1v) is 7.71. The summed E-state index contributed by atoms with van der Waals surface area (Å²) in [7, 11) is 0. The molecule has 0 radical (unpaired) electrons. The normalized spacial score (nSPS) is 39.0. The minimum atomic E-state index is 0.851. The summed E-state index contributed by atoms with van der Waals surface area (Å²) >= 11 is 2.19. The predicted octanol–water partition coefficient (Wildman–Crippen LogP) is 4.84. The van der Waals surface area contributed by atoms with Gasteiger partial charge in [0.05, 0.1) is 0 Å². The van der Waals surface area contributed by atoms with Crippen molar-refractivity contribution < 1.29 is 0 Å².